The van der Waals surface area contributed by atoms with E-state index in [0.717, 1.165) is 29.4 Å². The van der Waals surface area contributed by atoms with Gasteiger partial charge in [0.2, 0.25) is 27.7 Å². The Morgan fingerprint density at radius 1 is 0.959 bits per heavy atom. The van der Waals surface area contributed by atoms with Crippen LogP contribution in [0, 0.1) is 5.41 Å². The number of hydrogen-bond acceptors (Lipinski definition) is 8. The van der Waals surface area contributed by atoms with Crippen molar-refractivity contribution in [3.05, 3.63) is 107 Å². The fraction of sp³-hybridized carbons (Fsp3) is 0.389. The van der Waals surface area contributed by atoms with Gasteiger partial charge >= 0.3 is 6.09 Å². The Morgan fingerprint density at radius 3 is 2.24 bits per heavy atom. The summed E-state index contributed by atoms with van der Waals surface area (Å²) in [6.45, 7) is 4.20. The van der Waals surface area contributed by atoms with E-state index in [1.807, 2.05) is 53.4 Å². The second-order valence-corrected chi connectivity index (χ2v) is 14.6. The number of piperidine rings is 1. The van der Waals surface area contributed by atoms with E-state index in [1.165, 1.54) is 0 Å². The first-order valence-corrected chi connectivity index (χ1v) is 18.4. The third-order valence-corrected chi connectivity index (χ3v) is 9.88. The van der Waals surface area contributed by atoms with Crippen molar-refractivity contribution in [1.29, 1.82) is 5.41 Å². The summed E-state index contributed by atoms with van der Waals surface area (Å²) in [5.74, 6) is -0.290. The molecule has 0 saturated carbocycles. The highest BCUT2D eigenvalue weighted by atomic mass is 32.2. The summed E-state index contributed by atoms with van der Waals surface area (Å²) in [5.41, 5.74) is 3.43. The monoisotopic (exact) mass is 689 g/mol. The van der Waals surface area contributed by atoms with E-state index in [-0.39, 0.29) is 47.7 Å². The van der Waals surface area contributed by atoms with Gasteiger partial charge in [-0.3, -0.25) is 14.5 Å². The van der Waals surface area contributed by atoms with Crippen molar-refractivity contribution in [2.75, 3.05) is 39.0 Å². The van der Waals surface area contributed by atoms with Crippen molar-refractivity contribution in [1.82, 2.24) is 20.3 Å². The van der Waals surface area contributed by atoms with Crippen molar-refractivity contribution in [3.8, 4) is 0 Å². The number of sulfonamides is 1. The maximum atomic E-state index is 13.6. The molecule has 2 saturated heterocycles. The normalized spacial score (nSPS) is 19.3. The van der Waals surface area contributed by atoms with Gasteiger partial charge in [-0.15, -0.1) is 0 Å². The second kappa shape index (κ2) is 15.9. The smallest absolute Gasteiger partial charge is 0.415 e. The molecule has 0 bridgehead atoms. The SMILES string of the molecule is C[C@H](NC(=O)[C@H]1C[C@@H](c2ccccc2)CCN1CCNS(C)(=O)=O)C(=O)NCc1ccc(C(=N)[N+]2(C(=O)OCc3ccccc3)CC2)cc1. The fourth-order valence-electron chi connectivity index (χ4n) is 6.14. The minimum absolute atomic E-state index is 0.153. The molecule has 2 aliphatic rings. The van der Waals surface area contributed by atoms with Crippen molar-refractivity contribution in [3.63, 3.8) is 0 Å². The Balaban J connectivity index is 1.13. The quantitative estimate of drug-likeness (QED) is 0.0930. The van der Waals surface area contributed by atoms with Gasteiger partial charge in [0.25, 0.3) is 0 Å². The molecule has 0 unspecified atom stereocenters. The van der Waals surface area contributed by atoms with E-state index < -0.39 is 28.2 Å². The molecule has 2 aliphatic heterocycles. The topological polar surface area (TPSA) is 158 Å². The summed E-state index contributed by atoms with van der Waals surface area (Å²) < 4.78 is 31.1. The number of hydrogen-bond donors (Lipinski definition) is 4. The zero-order valence-electron chi connectivity index (χ0n) is 27.9. The van der Waals surface area contributed by atoms with Crippen LogP contribution in [-0.2, 0) is 37.5 Å². The Morgan fingerprint density at radius 2 is 1.61 bits per heavy atom. The lowest BCUT2D eigenvalue weighted by Gasteiger charge is -2.39. The molecule has 0 radical (unpaired) electrons. The highest BCUT2D eigenvalue weighted by Gasteiger charge is 2.57. The Hall–Kier alpha value is -4.43. The highest BCUT2D eigenvalue weighted by Crippen LogP contribution is 2.32. The van der Waals surface area contributed by atoms with Gasteiger partial charge in [-0.2, -0.15) is 9.28 Å². The van der Waals surface area contributed by atoms with Crippen molar-refractivity contribution < 1.29 is 32.0 Å². The Labute approximate surface area is 288 Å². The predicted molar refractivity (Wildman–Crippen MR) is 186 cm³/mol. The summed E-state index contributed by atoms with van der Waals surface area (Å²) in [5, 5.41) is 14.5. The molecule has 0 aromatic heterocycles. The lowest BCUT2D eigenvalue weighted by Crippen LogP contribution is -2.56. The van der Waals surface area contributed by atoms with Crippen LogP contribution in [0.2, 0.25) is 0 Å². The van der Waals surface area contributed by atoms with E-state index in [0.29, 0.717) is 38.2 Å². The number of carbonyl (C=O) groups is 3. The van der Waals surface area contributed by atoms with Gasteiger partial charge in [0.15, 0.2) is 0 Å². The van der Waals surface area contributed by atoms with Gasteiger partial charge in [-0.05, 0) is 61.1 Å². The average molecular weight is 690 g/mol. The molecular weight excluding hydrogens is 644 g/mol. The fourth-order valence-corrected chi connectivity index (χ4v) is 6.60. The van der Waals surface area contributed by atoms with Gasteiger partial charge in [-0.25, -0.2) is 18.5 Å². The largest absolute Gasteiger partial charge is 0.523 e. The number of amidine groups is 1. The zero-order valence-corrected chi connectivity index (χ0v) is 28.7. The minimum atomic E-state index is -3.36. The van der Waals surface area contributed by atoms with Gasteiger partial charge in [0, 0.05) is 19.6 Å². The van der Waals surface area contributed by atoms with E-state index in [1.54, 1.807) is 31.2 Å². The molecule has 49 heavy (non-hydrogen) atoms. The number of benzene rings is 3. The molecule has 260 valence electrons. The average Bonchev–Trinajstić information content (AvgIpc) is 3.92. The predicted octanol–water partition coefficient (Wildman–Crippen LogP) is 3.10. The van der Waals surface area contributed by atoms with Crippen molar-refractivity contribution >= 4 is 33.8 Å². The first-order chi connectivity index (χ1) is 23.4. The maximum Gasteiger partial charge on any atom is 0.523 e. The minimum Gasteiger partial charge on any atom is -0.415 e. The van der Waals surface area contributed by atoms with Crippen LogP contribution in [0.4, 0.5) is 4.79 Å². The number of likely N-dealkylation sites (tertiary alicyclic amines) is 1. The molecule has 3 amide bonds. The van der Waals surface area contributed by atoms with Crippen LogP contribution in [0.15, 0.2) is 84.9 Å². The van der Waals surface area contributed by atoms with Gasteiger partial charge in [0.05, 0.1) is 17.9 Å². The molecule has 0 spiro atoms. The third-order valence-electron chi connectivity index (χ3n) is 9.15. The van der Waals surface area contributed by atoms with Crippen LogP contribution in [0.25, 0.3) is 0 Å². The standard InChI is InChI=1S/C36H44N6O6S/c1-26(40-35(44)32-23-31(29-11-7-4-8-12-29)17-19-41(32)20-18-39-49(2,46)47)34(43)38-24-27-13-15-30(16-14-27)33(37)42(21-22-42)36(45)48-25-28-9-5-3-6-10-28/h3-16,26,31-32,37,39H,17-25H2,1-2H3,(H-,38,40,43,44)/p+1/t26-,31-,32+/m0/s1. The molecule has 3 atom stereocenters. The molecule has 3 aromatic rings. The summed E-state index contributed by atoms with van der Waals surface area (Å²) in [6.07, 6.45) is 2.04. The second-order valence-electron chi connectivity index (χ2n) is 12.8. The van der Waals surface area contributed by atoms with Crippen molar-refractivity contribution in [2.45, 2.75) is 50.9 Å². The van der Waals surface area contributed by atoms with E-state index in [2.05, 4.69) is 27.5 Å². The molecule has 4 N–H and O–H groups in total. The van der Waals surface area contributed by atoms with Gasteiger partial charge in [-0.1, -0.05) is 72.8 Å². The van der Waals surface area contributed by atoms with E-state index in [9.17, 15) is 22.8 Å². The molecule has 2 fully saturated rings. The van der Waals surface area contributed by atoms with Gasteiger partial charge < -0.3 is 15.4 Å². The van der Waals surface area contributed by atoms with Crippen LogP contribution < -0.4 is 15.4 Å². The van der Waals surface area contributed by atoms with Crippen LogP contribution >= 0.6 is 0 Å². The summed E-state index contributed by atoms with van der Waals surface area (Å²) >= 11 is 0. The highest BCUT2D eigenvalue weighted by molar-refractivity contribution is 7.88. The first kappa shape index (κ1) is 35.9. The molecular formula is C36H45N6O6S+. The third kappa shape index (κ3) is 9.60. The van der Waals surface area contributed by atoms with Crippen LogP contribution in [0.1, 0.15) is 47.9 Å². The molecule has 5 rings (SSSR count). The number of nitrogens with one attached hydrogen (secondary N) is 4. The van der Waals surface area contributed by atoms with Crippen LogP contribution in [0.5, 0.6) is 0 Å². The summed E-state index contributed by atoms with van der Waals surface area (Å²) in [4.78, 5) is 41.5. The molecule has 12 nitrogen and oxygen atoms in total. The van der Waals surface area contributed by atoms with Crippen LogP contribution in [0.3, 0.4) is 0 Å². The maximum absolute atomic E-state index is 13.6. The Bertz CT molecular complexity index is 1730. The summed E-state index contributed by atoms with van der Waals surface area (Å²) in [7, 11) is -3.36. The molecule has 13 heteroatoms. The number of ether oxygens (including phenoxy) is 1. The lowest BCUT2D eigenvalue weighted by atomic mass is 9.85. The summed E-state index contributed by atoms with van der Waals surface area (Å²) in [6, 6.07) is 25.2. The molecule has 3 aromatic carbocycles. The van der Waals surface area contributed by atoms with Gasteiger partial charge in [0.1, 0.15) is 25.7 Å². The number of quaternary nitrogens is 1. The van der Waals surface area contributed by atoms with E-state index in [4.69, 9.17) is 10.1 Å². The first-order valence-electron chi connectivity index (χ1n) is 16.5. The van der Waals surface area contributed by atoms with Crippen LogP contribution in [-0.4, -0.2) is 92.6 Å². The number of carbonyl (C=O) groups excluding carboxylic acids is 3. The molecule has 0 aliphatic carbocycles. The lowest BCUT2D eigenvalue weighted by molar-refractivity contribution is -0.618. The number of amides is 3. The zero-order chi connectivity index (χ0) is 35.0. The van der Waals surface area contributed by atoms with Crippen molar-refractivity contribution in [2.24, 2.45) is 0 Å². The number of rotatable bonds is 13. The molecule has 2 heterocycles. The Kier molecular flexibility index (Phi) is 11.6. The van der Waals surface area contributed by atoms with E-state index >= 15 is 0 Å². The number of nitrogens with zero attached hydrogens (tertiary/aromatic N) is 2.